The average Bonchev–Trinajstić information content (AvgIpc) is 3.31. The summed E-state index contributed by atoms with van der Waals surface area (Å²) in [4.78, 5) is 45.2. The van der Waals surface area contributed by atoms with Crippen LogP contribution >= 0.6 is 24.0 Å². The number of carbonyl (C=O) groups is 3. The van der Waals surface area contributed by atoms with Crippen LogP contribution in [0, 0.1) is 50.2 Å². The van der Waals surface area contributed by atoms with Crippen LogP contribution < -0.4 is 0 Å². The van der Waals surface area contributed by atoms with Crippen LogP contribution in [-0.4, -0.2) is 52.2 Å². The third kappa shape index (κ3) is 4.97. The van der Waals surface area contributed by atoms with Crippen LogP contribution in [-0.2, 0) is 24.0 Å². The molecule has 5 aliphatic carbocycles. The third-order valence-electron chi connectivity index (χ3n) is 14.6. The molecule has 0 bridgehead atoms. The minimum atomic E-state index is -0.426. The lowest BCUT2D eigenvalue weighted by Crippen LogP contribution is -2.64. The van der Waals surface area contributed by atoms with Gasteiger partial charge in [-0.1, -0.05) is 89.3 Å². The Morgan fingerprint density at radius 1 is 1.02 bits per heavy atom. The van der Waals surface area contributed by atoms with Crippen LogP contribution in [0.3, 0.4) is 0 Å². The molecule has 7 nitrogen and oxygen atoms in total. The molecular weight excluding hydrogens is 617 g/mol. The van der Waals surface area contributed by atoms with Crippen molar-refractivity contribution in [1.29, 1.82) is 0 Å². The van der Waals surface area contributed by atoms with Crippen LogP contribution in [0.5, 0.6) is 0 Å². The highest BCUT2D eigenvalue weighted by atomic mass is 32.2. The number of fused-ring (bicyclic) bond motifs is 7. The van der Waals surface area contributed by atoms with Gasteiger partial charge >= 0.3 is 11.9 Å². The second kappa shape index (κ2) is 11.4. The highest BCUT2D eigenvalue weighted by Gasteiger charge is 2.69. The van der Waals surface area contributed by atoms with Gasteiger partial charge < -0.3 is 9.57 Å². The van der Waals surface area contributed by atoms with Crippen molar-refractivity contribution in [2.45, 2.75) is 119 Å². The number of rotatable bonds is 5. The van der Waals surface area contributed by atoms with Crippen molar-refractivity contribution in [3.8, 4) is 0 Å². The van der Waals surface area contributed by atoms with Crippen molar-refractivity contribution in [3.63, 3.8) is 0 Å². The quantitative estimate of drug-likeness (QED) is 0.0961. The molecule has 0 aromatic heterocycles. The van der Waals surface area contributed by atoms with E-state index in [-0.39, 0.29) is 63.2 Å². The molecule has 254 valence electrons. The molecule has 46 heavy (non-hydrogen) atoms. The van der Waals surface area contributed by atoms with E-state index >= 15 is 0 Å². The zero-order chi connectivity index (χ0) is 33.5. The number of hydrogen-bond acceptors (Lipinski definition) is 8. The molecule has 0 aromatic rings. The maximum Gasteiger partial charge on any atom is 0.336 e. The predicted molar refractivity (Wildman–Crippen MR) is 186 cm³/mol. The lowest BCUT2D eigenvalue weighted by atomic mass is 9.33. The molecule has 1 aliphatic heterocycles. The standard InChI is InChI=1S/C37H54N2O5S2/c1-32(2)16-18-37(30(42)43-8)19-17-35(6)23(24(37)21-32)9-10-26-34(5)14-12-27(33(3,4)25(34)11-15-36(26,35)7)38-44-29(41)13-20-39-28(40)22-46-31(39)45/h9,24-26H,10-22H2,1-8H3/b38-27-/t24-,25-,26+,34+,35-,36-,37+/m1/s1. The molecule has 0 aromatic carbocycles. The summed E-state index contributed by atoms with van der Waals surface area (Å²) in [5.41, 5.74) is 2.45. The molecule has 6 rings (SSSR count). The van der Waals surface area contributed by atoms with Gasteiger partial charge in [-0.05, 0) is 104 Å². The largest absolute Gasteiger partial charge is 0.469 e. The third-order valence-corrected chi connectivity index (χ3v) is 16.1. The van der Waals surface area contributed by atoms with Gasteiger partial charge in [-0.25, -0.2) is 4.79 Å². The number of methoxy groups -OCH3 is 1. The van der Waals surface area contributed by atoms with Gasteiger partial charge in [-0.2, -0.15) is 0 Å². The number of hydrogen-bond donors (Lipinski definition) is 0. The first kappa shape index (κ1) is 34.1. The van der Waals surface area contributed by atoms with Gasteiger partial charge in [0.15, 0.2) is 0 Å². The van der Waals surface area contributed by atoms with E-state index in [0.717, 1.165) is 69.9 Å². The number of thioether (sulfide) groups is 1. The molecule has 9 heteroatoms. The highest BCUT2D eigenvalue weighted by molar-refractivity contribution is 8.23. The molecule has 7 atom stereocenters. The first-order chi connectivity index (χ1) is 21.4. The zero-order valence-electron chi connectivity index (χ0n) is 29.3. The lowest BCUT2D eigenvalue weighted by Gasteiger charge is -2.70. The van der Waals surface area contributed by atoms with E-state index in [2.05, 4.69) is 59.7 Å². The average molecular weight is 671 g/mol. The summed E-state index contributed by atoms with van der Waals surface area (Å²) in [6.45, 7) is 17.2. The molecular formula is C37H54N2O5S2. The first-order valence-corrected chi connectivity index (χ1v) is 18.9. The fourth-order valence-corrected chi connectivity index (χ4v) is 12.9. The molecule has 5 fully saturated rings. The maximum absolute atomic E-state index is 13.5. The monoisotopic (exact) mass is 670 g/mol. The smallest absolute Gasteiger partial charge is 0.336 e. The van der Waals surface area contributed by atoms with Gasteiger partial charge in [0.05, 0.1) is 30.4 Å². The number of oxime groups is 1. The normalized spacial score (nSPS) is 41.9. The number of esters is 1. The Labute approximate surface area is 285 Å². The van der Waals surface area contributed by atoms with Gasteiger partial charge in [0.2, 0.25) is 5.91 Å². The van der Waals surface area contributed by atoms with Crippen molar-refractivity contribution >= 4 is 51.9 Å². The molecule has 0 spiro atoms. The summed E-state index contributed by atoms with van der Waals surface area (Å²) >= 11 is 6.58. The van der Waals surface area contributed by atoms with Crippen LogP contribution in [0.4, 0.5) is 0 Å². The number of thiocarbonyl (C=S) groups is 1. The van der Waals surface area contributed by atoms with E-state index < -0.39 is 5.97 Å². The second-order valence-corrected chi connectivity index (χ2v) is 19.0. The molecule has 1 saturated heterocycles. The Bertz CT molecular complexity index is 1390. The minimum absolute atomic E-state index is 0.00689. The number of amides is 1. The SMILES string of the molecule is COC(=O)[C@]12CCC(C)(C)C[C@@H]1C1=CC[C@H]3[C@@]4(C)CC/C(=N/OC(=O)CCN5C(=O)CSC5=S)C(C)(C)[C@H]4CC[C@@]3(C)[C@]1(C)CC2. The van der Waals surface area contributed by atoms with Gasteiger partial charge in [-0.3, -0.25) is 14.5 Å². The Balaban J connectivity index is 1.24. The van der Waals surface area contributed by atoms with Gasteiger partial charge in [-0.15, -0.1) is 0 Å². The molecule has 4 saturated carbocycles. The Morgan fingerprint density at radius 2 is 1.74 bits per heavy atom. The fraction of sp³-hybridized carbons (Fsp3) is 0.811. The van der Waals surface area contributed by atoms with Crippen molar-refractivity contribution in [1.82, 2.24) is 4.90 Å². The van der Waals surface area contributed by atoms with E-state index in [0.29, 0.717) is 21.9 Å². The Kier molecular flexibility index (Phi) is 8.47. The minimum Gasteiger partial charge on any atom is -0.469 e. The molecule has 1 amide bonds. The second-order valence-electron chi connectivity index (χ2n) is 17.4. The topological polar surface area (TPSA) is 85.3 Å². The fourth-order valence-electron chi connectivity index (χ4n) is 11.7. The molecule has 0 unspecified atom stereocenters. The summed E-state index contributed by atoms with van der Waals surface area (Å²) in [6, 6.07) is 0. The van der Waals surface area contributed by atoms with E-state index in [1.54, 1.807) is 12.7 Å². The molecule has 0 radical (unpaired) electrons. The van der Waals surface area contributed by atoms with Crippen molar-refractivity contribution < 1.29 is 24.0 Å². The van der Waals surface area contributed by atoms with E-state index in [1.165, 1.54) is 16.7 Å². The molecule has 1 heterocycles. The summed E-state index contributed by atoms with van der Waals surface area (Å²) in [6.07, 6.45) is 12.8. The summed E-state index contributed by atoms with van der Waals surface area (Å²) in [7, 11) is 1.57. The Hall–Kier alpha value is -1.74. The van der Waals surface area contributed by atoms with Crippen LogP contribution in [0.2, 0.25) is 0 Å². The number of carbonyl (C=O) groups excluding carboxylic acids is 3. The van der Waals surface area contributed by atoms with Crippen LogP contribution in [0.15, 0.2) is 16.8 Å². The Morgan fingerprint density at radius 3 is 2.41 bits per heavy atom. The van der Waals surface area contributed by atoms with E-state index in [1.807, 2.05) is 0 Å². The molecule has 0 N–H and O–H groups in total. The first-order valence-electron chi connectivity index (χ1n) is 17.5. The summed E-state index contributed by atoms with van der Waals surface area (Å²) in [5, 5.41) is 4.50. The van der Waals surface area contributed by atoms with Crippen molar-refractivity contribution in [3.05, 3.63) is 11.6 Å². The van der Waals surface area contributed by atoms with Crippen LogP contribution in [0.1, 0.15) is 119 Å². The highest BCUT2D eigenvalue weighted by Crippen LogP contribution is 2.75. The predicted octanol–water partition coefficient (Wildman–Crippen LogP) is 8.11. The van der Waals surface area contributed by atoms with Gasteiger partial charge in [0, 0.05) is 12.0 Å². The lowest BCUT2D eigenvalue weighted by molar-refractivity contribution is -0.181. The van der Waals surface area contributed by atoms with Crippen molar-refractivity contribution in [2.75, 3.05) is 19.4 Å². The zero-order valence-corrected chi connectivity index (χ0v) is 30.9. The maximum atomic E-state index is 13.5. The van der Waals surface area contributed by atoms with E-state index in [9.17, 15) is 14.4 Å². The van der Waals surface area contributed by atoms with Crippen molar-refractivity contribution in [2.24, 2.45) is 55.4 Å². The van der Waals surface area contributed by atoms with E-state index in [4.69, 9.17) is 21.8 Å². The number of nitrogens with zero attached hydrogens (tertiary/aromatic N) is 2. The van der Waals surface area contributed by atoms with Gasteiger partial charge in [0.25, 0.3) is 0 Å². The number of allylic oxidation sites excluding steroid dienone is 2. The summed E-state index contributed by atoms with van der Waals surface area (Å²) in [5.74, 6) is 1.07. The number of ether oxygens (including phenoxy) is 1. The molecule has 6 aliphatic rings. The van der Waals surface area contributed by atoms with Gasteiger partial charge in [0.1, 0.15) is 4.32 Å². The summed E-state index contributed by atoms with van der Waals surface area (Å²) < 4.78 is 6.06. The van der Waals surface area contributed by atoms with Crippen LogP contribution in [0.25, 0.3) is 0 Å².